The van der Waals surface area contributed by atoms with E-state index in [9.17, 15) is 4.79 Å². The van der Waals surface area contributed by atoms with Crippen LogP contribution < -0.4 is 5.56 Å². The Morgan fingerprint density at radius 1 is 1.36 bits per heavy atom. The average Bonchev–Trinajstić information content (AvgIpc) is 2.30. The Hall–Kier alpha value is -1.71. The van der Waals surface area contributed by atoms with E-state index in [4.69, 9.17) is 5.21 Å². The third kappa shape index (κ3) is 0.724. The first-order valence-electron chi connectivity index (χ1n) is 3.09. The maximum absolute atomic E-state index is 10.9. The lowest BCUT2D eigenvalue weighted by Gasteiger charge is -1.79. The molecule has 0 unspecified atom stereocenters. The SMILES string of the molecule is O=c1c2ccccc2on1O. The minimum absolute atomic E-state index is 0.227. The molecule has 0 saturated carbocycles. The molecule has 0 aliphatic carbocycles. The van der Waals surface area contributed by atoms with Crippen molar-refractivity contribution in [3.63, 3.8) is 0 Å². The van der Waals surface area contributed by atoms with Crippen LogP contribution in [0.1, 0.15) is 0 Å². The predicted octanol–water partition coefficient (Wildman–Crippen LogP) is 0.832. The van der Waals surface area contributed by atoms with Crippen LogP contribution in [-0.4, -0.2) is 10.1 Å². The summed E-state index contributed by atoms with van der Waals surface area (Å²) in [6, 6.07) is 6.64. The molecule has 1 heterocycles. The van der Waals surface area contributed by atoms with Crippen LogP contribution >= 0.6 is 0 Å². The van der Waals surface area contributed by atoms with Gasteiger partial charge in [0.25, 0.3) is 0 Å². The summed E-state index contributed by atoms with van der Waals surface area (Å²) in [6.07, 6.45) is 0. The molecule has 2 rings (SSSR count). The Morgan fingerprint density at radius 3 is 2.82 bits per heavy atom. The van der Waals surface area contributed by atoms with Crippen LogP contribution in [0.2, 0.25) is 0 Å². The van der Waals surface area contributed by atoms with E-state index in [1.807, 2.05) is 0 Å². The molecule has 11 heavy (non-hydrogen) atoms. The zero-order valence-electron chi connectivity index (χ0n) is 5.52. The maximum atomic E-state index is 10.9. The van der Waals surface area contributed by atoms with E-state index in [-0.39, 0.29) is 4.90 Å². The van der Waals surface area contributed by atoms with Crippen molar-refractivity contribution < 1.29 is 9.73 Å². The summed E-state index contributed by atoms with van der Waals surface area (Å²) in [5.74, 6) is 0. The van der Waals surface area contributed by atoms with Gasteiger partial charge >= 0.3 is 5.56 Å². The number of nitrogens with zero attached hydrogens (tertiary/aromatic N) is 1. The lowest BCUT2D eigenvalue weighted by atomic mass is 10.3. The largest absolute Gasteiger partial charge is 0.398 e. The molecule has 0 spiro atoms. The molecule has 2 aromatic rings. The molecule has 4 nitrogen and oxygen atoms in total. The molecule has 0 aliphatic heterocycles. The van der Waals surface area contributed by atoms with Crippen LogP contribution in [0, 0.1) is 0 Å². The van der Waals surface area contributed by atoms with E-state index in [0.29, 0.717) is 11.0 Å². The number of rotatable bonds is 0. The van der Waals surface area contributed by atoms with E-state index < -0.39 is 5.56 Å². The van der Waals surface area contributed by atoms with Gasteiger partial charge in [-0.3, -0.25) is 4.79 Å². The Morgan fingerprint density at radius 2 is 2.09 bits per heavy atom. The second-order valence-corrected chi connectivity index (χ2v) is 2.17. The fourth-order valence-corrected chi connectivity index (χ4v) is 0.961. The molecule has 1 aromatic carbocycles. The first kappa shape index (κ1) is 6.03. The Kier molecular flexibility index (Phi) is 1.03. The van der Waals surface area contributed by atoms with Crippen molar-refractivity contribution >= 4 is 11.0 Å². The smallest absolute Gasteiger partial charge is 0.330 e. The normalized spacial score (nSPS) is 10.5. The van der Waals surface area contributed by atoms with Crippen LogP contribution in [0.25, 0.3) is 11.0 Å². The Bertz CT molecular complexity index is 440. The van der Waals surface area contributed by atoms with Gasteiger partial charge in [-0.2, -0.15) is 0 Å². The Balaban J connectivity index is 3.04. The van der Waals surface area contributed by atoms with Crippen LogP contribution in [0.3, 0.4) is 0 Å². The monoisotopic (exact) mass is 151 g/mol. The number of para-hydroxylation sites is 1. The zero-order chi connectivity index (χ0) is 7.84. The Labute approximate surface area is 61.2 Å². The lowest BCUT2D eigenvalue weighted by Crippen LogP contribution is -2.09. The quantitative estimate of drug-likeness (QED) is 0.567. The number of benzene rings is 1. The first-order chi connectivity index (χ1) is 5.29. The van der Waals surface area contributed by atoms with Gasteiger partial charge < -0.3 is 9.73 Å². The third-order valence-electron chi connectivity index (χ3n) is 1.48. The molecule has 4 heteroatoms. The van der Waals surface area contributed by atoms with E-state index in [1.54, 1.807) is 24.3 Å². The summed E-state index contributed by atoms with van der Waals surface area (Å²) in [5.41, 5.74) is -0.138. The molecule has 0 amide bonds. The molecule has 1 aromatic heterocycles. The minimum Gasteiger partial charge on any atom is -0.398 e. The summed E-state index contributed by atoms with van der Waals surface area (Å²) >= 11 is 0. The highest BCUT2D eigenvalue weighted by molar-refractivity contribution is 5.75. The summed E-state index contributed by atoms with van der Waals surface area (Å²) in [5, 5.41) is 9.16. The van der Waals surface area contributed by atoms with Crippen molar-refractivity contribution in [2.45, 2.75) is 0 Å². The van der Waals surface area contributed by atoms with Crippen molar-refractivity contribution in [3.05, 3.63) is 34.6 Å². The van der Waals surface area contributed by atoms with E-state index in [1.165, 1.54) is 0 Å². The summed E-state index contributed by atoms with van der Waals surface area (Å²) in [6.45, 7) is 0. The molecule has 0 atom stereocenters. The predicted molar refractivity (Wildman–Crippen MR) is 37.7 cm³/mol. The molecule has 0 bridgehead atoms. The fourth-order valence-electron chi connectivity index (χ4n) is 0.961. The molecule has 0 saturated heterocycles. The minimum atomic E-state index is -0.527. The molecule has 0 fully saturated rings. The fraction of sp³-hybridized carbons (Fsp3) is 0. The number of hydrogen-bond acceptors (Lipinski definition) is 3. The van der Waals surface area contributed by atoms with Gasteiger partial charge in [0.2, 0.25) is 0 Å². The van der Waals surface area contributed by atoms with E-state index in [2.05, 4.69) is 4.52 Å². The van der Waals surface area contributed by atoms with Crippen LogP contribution in [0.5, 0.6) is 0 Å². The molecule has 1 N–H and O–H groups in total. The van der Waals surface area contributed by atoms with Crippen molar-refractivity contribution in [1.82, 2.24) is 4.90 Å². The van der Waals surface area contributed by atoms with Gasteiger partial charge in [-0.15, -0.1) is 0 Å². The van der Waals surface area contributed by atoms with E-state index in [0.717, 1.165) is 0 Å². The van der Waals surface area contributed by atoms with Crippen LogP contribution in [-0.2, 0) is 0 Å². The van der Waals surface area contributed by atoms with Crippen molar-refractivity contribution in [3.8, 4) is 0 Å². The number of aromatic nitrogens is 1. The van der Waals surface area contributed by atoms with Crippen molar-refractivity contribution in [1.29, 1.82) is 0 Å². The number of fused-ring (bicyclic) bond motifs is 1. The van der Waals surface area contributed by atoms with Gasteiger partial charge in [0.15, 0.2) is 5.58 Å². The van der Waals surface area contributed by atoms with Gasteiger partial charge in [0.1, 0.15) is 0 Å². The van der Waals surface area contributed by atoms with Crippen molar-refractivity contribution in [2.75, 3.05) is 0 Å². The summed E-state index contributed by atoms with van der Waals surface area (Å²) in [4.78, 5) is 11.2. The topological polar surface area (TPSA) is 55.4 Å². The molecular weight excluding hydrogens is 146 g/mol. The molecule has 0 radical (unpaired) electrons. The van der Waals surface area contributed by atoms with Crippen LogP contribution in [0.4, 0.5) is 0 Å². The van der Waals surface area contributed by atoms with E-state index >= 15 is 0 Å². The highest BCUT2D eigenvalue weighted by Gasteiger charge is 2.05. The van der Waals surface area contributed by atoms with Crippen molar-refractivity contribution in [2.24, 2.45) is 0 Å². The van der Waals surface area contributed by atoms with Crippen LogP contribution in [0.15, 0.2) is 33.6 Å². The second kappa shape index (κ2) is 1.88. The molecule has 56 valence electrons. The highest BCUT2D eigenvalue weighted by Crippen LogP contribution is 2.07. The lowest BCUT2D eigenvalue weighted by molar-refractivity contribution is 0.0117. The third-order valence-corrected chi connectivity index (χ3v) is 1.48. The highest BCUT2D eigenvalue weighted by atomic mass is 16.7. The first-order valence-corrected chi connectivity index (χ1v) is 3.09. The zero-order valence-corrected chi connectivity index (χ0v) is 5.52. The molecule has 0 aliphatic rings. The second-order valence-electron chi connectivity index (χ2n) is 2.17. The van der Waals surface area contributed by atoms with Gasteiger partial charge in [0, 0.05) is 4.90 Å². The summed E-state index contributed by atoms with van der Waals surface area (Å²) in [7, 11) is 0. The standard InChI is InChI=1S/C7H5NO3/c9-7-5-3-1-2-4-6(5)11-8(7)10/h1-4,10H. The van der Waals surface area contributed by atoms with Gasteiger partial charge in [-0.1, -0.05) is 12.1 Å². The molecular formula is C7H5NO3. The summed E-state index contributed by atoms with van der Waals surface area (Å²) < 4.78 is 4.66. The maximum Gasteiger partial charge on any atom is 0.330 e. The van der Waals surface area contributed by atoms with Gasteiger partial charge in [-0.05, 0) is 12.1 Å². The van der Waals surface area contributed by atoms with Gasteiger partial charge in [0.05, 0.1) is 5.39 Å². The number of hydrogen-bond donors (Lipinski definition) is 1. The average molecular weight is 151 g/mol. The van der Waals surface area contributed by atoms with Gasteiger partial charge in [-0.25, -0.2) is 0 Å².